The van der Waals surface area contributed by atoms with Crippen molar-refractivity contribution in [3.63, 3.8) is 0 Å². The zero-order valence-corrected chi connectivity index (χ0v) is 12.1. The topological polar surface area (TPSA) is 58.6 Å². The van der Waals surface area contributed by atoms with Gasteiger partial charge in [0.1, 0.15) is 5.60 Å². The van der Waals surface area contributed by atoms with E-state index in [9.17, 15) is 13.6 Å². The van der Waals surface area contributed by atoms with E-state index >= 15 is 0 Å². The number of carbonyl (C=O) groups excluding carboxylic acids is 1. The molecule has 0 aliphatic carbocycles. The monoisotopic (exact) mass is 297 g/mol. The predicted molar refractivity (Wildman–Crippen MR) is 73.8 cm³/mol. The lowest BCUT2D eigenvalue weighted by Gasteiger charge is -2.19. The van der Waals surface area contributed by atoms with Crippen molar-refractivity contribution < 1.29 is 23.4 Å². The second kappa shape index (κ2) is 6.93. The Balaban J connectivity index is 2.48. The van der Waals surface area contributed by atoms with Crippen LogP contribution in [0.1, 0.15) is 32.8 Å². The van der Waals surface area contributed by atoms with Gasteiger partial charge in [-0.15, -0.1) is 0 Å². The first-order valence-electron chi connectivity index (χ1n) is 6.33. The van der Waals surface area contributed by atoms with Crippen molar-refractivity contribution in [2.75, 3.05) is 6.54 Å². The van der Waals surface area contributed by atoms with Crippen LogP contribution >= 0.6 is 0 Å². The summed E-state index contributed by atoms with van der Waals surface area (Å²) in [5, 5.41) is 11.5. The molecule has 0 saturated heterocycles. The second-order valence-electron chi connectivity index (χ2n) is 5.24. The first-order chi connectivity index (χ1) is 9.70. The maximum atomic E-state index is 13.4. The number of aromatic hydroxyl groups is 1. The molecule has 4 nitrogen and oxygen atoms in total. The van der Waals surface area contributed by atoms with E-state index in [1.54, 1.807) is 20.8 Å². The van der Waals surface area contributed by atoms with E-state index in [1.165, 1.54) is 6.07 Å². The van der Waals surface area contributed by atoms with Crippen LogP contribution in [0.2, 0.25) is 0 Å². The van der Waals surface area contributed by atoms with Gasteiger partial charge in [0, 0.05) is 13.0 Å². The molecule has 1 rings (SSSR count). The summed E-state index contributed by atoms with van der Waals surface area (Å²) in [5.74, 6) is 1.76. The molecule has 1 aromatic rings. The highest BCUT2D eigenvalue weighted by Gasteiger charge is 2.15. The summed E-state index contributed by atoms with van der Waals surface area (Å²) < 4.78 is 31.4. The SMILES string of the molecule is CC(C)(C)OC(=O)NCCC#Cc1ccc(O)c(F)c1F. The molecule has 0 unspecified atom stereocenters. The maximum Gasteiger partial charge on any atom is 0.407 e. The fraction of sp³-hybridized carbons (Fsp3) is 0.400. The molecule has 0 saturated carbocycles. The van der Waals surface area contributed by atoms with Crippen molar-refractivity contribution in [3.8, 4) is 17.6 Å². The summed E-state index contributed by atoms with van der Waals surface area (Å²) in [5.41, 5.74) is -0.731. The summed E-state index contributed by atoms with van der Waals surface area (Å²) in [6, 6.07) is 2.21. The molecule has 0 aromatic heterocycles. The number of hydrogen-bond acceptors (Lipinski definition) is 3. The van der Waals surface area contributed by atoms with Gasteiger partial charge >= 0.3 is 6.09 Å². The van der Waals surface area contributed by atoms with Crippen molar-refractivity contribution in [2.45, 2.75) is 32.8 Å². The largest absolute Gasteiger partial charge is 0.505 e. The number of phenols is 1. The van der Waals surface area contributed by atoms with Crippen LogP contribution < -0.4 is 5.32 Å². The Labute approximate surface area is 122 Å². The minimum Gasteiger partial charge on any atom is -0.505 e. The molecule has 0 atom stereocenters. The summed E-state index contributed by atoms with van der Waals surface area (Å²) >= 11 is 0. The Kier molecular flexibility index (Phi) is 5.53. The van der Waals surface area contributed by atoms with Gasteiger partial charge in [-0.05, 0) is 32.9 Å². The van der Waals surface area contributed by atoms with Gasteiger partial charge in [0.2, 0.25) is 5.82 Å². The lowest BCUT2D eigenvalue weighted by Crippen LogP contribution is -2.32. The van der Waals surface area contributed by atoms with E-state index in [2.05, 4.69) is 17.2 Å². The lowest BCUT2D eigenvalue weighted by atomic mass is 10.2. The lowest BCUT2D eigenvalue weighted by molar-refractivity contribution is 0.0529. The third-order valence-corrected chi connectivity index (χ3v) is 2.20. The molecule has 0 heterocycles. The smallest absolute Gasteiger partial charge is 0.407 e. The van der Waals surface area contributed by atoms with Crippen molar-refractivity contribution in [2.24, 2.45) is 0 Å². The van der Waals surface area contributed by atoms with E-state index in [4.69, 9.17) is 9.84 Å². The Hall–Kier alpha value is -2.29. The van der Waals surface area contributed by atoms with E-state index in [-0.39, 0.29) is 18.5 Å². The molecular weight excluding hydrogens is 280 g/mol. The quantitative estimate of drug-likeness (QED) is 0.652. The third kappa shape index (κ3) is 5.69. The van der Waals surface area contributed by atoms with Gasteiger partial charge in [-0.25, -0.2) is 9.18 Å². The number of benzene rings is 1. The van der Waals surface area contributed by atoms with Gasteiger partial charge < -0.3 is 15.2 Å². The van der Waals surface area contributed by atoms with Crippen LogP contribution in [-0.4, -0.2) is 23.3 Å². The molecule has 2 N–H and O–H groups in total. The molecule has 21 heavy (non-hydrogen) atoms. The number of amides is 1. The summed E-state index contributed by atoms with van der Waals surface area (Å²) in [7, 11) is 0. The van der Waals surface area contributed by atoms with Gasteiger partial charge in [-0.2, -0.15) is 4.39 Å². The molecule has 6 heteroatoms. The van der Waals surface area contributed by atoms with E-state index in [0.717, 1.165) is 6.07 Å². The van der Waals surface area contributed by atoms with Crippen LogP contribution in [0.15, 0.2) is 12.1 Å². The molecule has 0 radical (unpaired) electrons. The molecule has 1 aromatic carbocycles. The highest BCUT2D eigenvalue weighted by Crippen LogP contribution is 2.20. The van der Waals surface area contributed by atoms with Gasteiger partial charge in [0.15, 0.2) is 11.6 Å². The molecular formula is C15H17F2NO3. The molecule has 0 aliphatic rings. The predicted octanol–water partition coefficient (Wildman–Crippen LogP) is 2.94. The number of alkyl carbamates (subject to hydrolysis) is 1. The third-order valence-electron chi connectivity index (χ3n) is 2.20. The number of nitrogens with one attached hydrogen (secondary N) is 1. The van der Waals surface area contributed by atoms with Gasteiger partial charge in [-0.1, -0.05) is 11.8 Å². The standard InChI is InChI=1S/C15H17F2NO3/c1-15(2,3)21-14(20)18-9-5-4-6-10-7-8-11(19)13(17)12(10)16/h7-8,19H,5,9H2,1-3H3,(H,18,20). The Morgan fingerprint density at radius 2 is 2.00 bits per heavy atom. The Morgan fingerprint density at radius 3 is 2.62 bits per heavy atom. The molecule has 0 spiro atoms. The van der Waals surface area contributed by atoms with Crippen molar-refractivity contribution in [3.05, 3.63) is 29.3 Å². The molecule has 0 bridgehead atoms. The van der Waals surface area contributed by atoms with Crippen LogP contribution in [0.4, 0.5) is 13.6 Å². The fourth-order valence-electron chi connectivity index (χ4n) is 1.33. The van der Waals surface area contributed by atoms with E-state index < -0.39 is 29.1 Å². The first kappa shape index (κ1) is 16.8. The second-order valence-corrected chi connectivity index (χ2v) is 5.24. The number of halogens is 2. The summed E-state index contributed by atoms with van der Waals surface area (Å²) in [4.78, 5) is 11.3. The summed E-state index contributed by atoms with van der Waals surface area (Å²) in [6.45, 7) is 5.46. The maximum absolute atomic E-state index is 13.4. The normalized spacial score (nSPS) is 10.5. The zero-order valence-electron chi connectivity index (χ0n) is 12.1. The van der Waals surface area contributed by atoms with Crippen LogP contribution in [0, 0.1) is 23.5 Å². The molecule has 0 fully saturated rings. The number of carbonyl (C=O) groups is 1. The van der Waals surface area contributed by atoms with Crippen LogP contribution in [0.25, 0.3) is 0 Å². The fourth-order valence-corrected chi connectivity index (χ4v) is 1.33. The summed E-state index contributed by atoms with van der Waals surface area (Å²) in [6.07, 6.45) is -0.313. The van der Waals surface area contributed by atoms with Crippen molar-refractivity contribution >= 4 is 6.09 Å². The number of hydrogen-bond donors (Lipinski definition) is 2. The number of rotatable bonds is 2. The number of phenolic OH excluding ortho intramolecular Hbond substituents is 1. The average Bonchev–Trinajstić information content (AvgIpc) is 2.36. The van der Waals surface area contributed by atoms with E-state index in [0.29, 0.717) is 0 Å². The minimum atomic E-state index is -1.33. The highest BCUT2D eigenvalue weighted by atomic mass is 19.2. The highest BCUT2D eigenvalue weighted by molar-refractivity contribution is 5.67. The van der Waals surface area contributed by atoms with Crippen molar-refractivity contribution in [1.29, 1.82) is 0 Å². The minimum absolute atomic E-state index is 0.150. The van der Waals surface area contributed by atoms with Gasteiger partial charge in [0.25, 0.3) is 0 Å². The average molecular weight is 297 g/mol. The van der Waals surface area contributed by atoms with Gasteiger partial charge in [0.05, 0.1) is 5.56 Å². The Bertz CT molecular complexity index is 583. The number of ether oxygens (including phenoxy) is 1. The first-order valence-corrected chi connectivity index (χ1v) is 6.33. The van der Waals surface area contributed by atoms with Crippen LogP contribution in [-0.2, 0) is 4.74 Å². The molecule has 0 aliphatic heterocycles. The van der Waals surface area contributed by atoms with Crippen LogP contribution in [0.5, 0.6) is 5.75 Å². The van der Waals surface area contributed by atoms with Crippen LogP contribution in [0.3, 0.4) is 0 Å². The van der Waals surface area contributed by atoms with Crippen molar-refractivity contribution in [1.82, 2.24) is 5.32 Å². The van der Waals surface area contributed by atoms with E-state index in [1.807, 2.05) is 0 Å². The molecule has 114 valence electrons. The molecule has 1 amide bonds. The van der Waals surface area contributed by atoms with Gasteiger partial charge in [-0.3, -0.25) is 0 Å². The Morgan fingerprint density at radius 1 is 1.33 bits per heavy atom. The zero-order chi connectivity index (χ0) is 16.0.